The molecule has 0 N–H and O–H groups in total. The number of rotatable bonds is 8. The summed E-state index contributed by atoms with van der Waals surface area (Å²) in [5, 5.41) is 0. The molecule has 1 aromatic carbocycles. The van der Waals surface area contributed by atoms with Gasteiger partial charge in [-0.15, -0.1) is 0 Å². The molecule has 21 heavy (non-hydrogen) atoms. The normalized spacial score (nSPS) is 11.8. The molecule has 0 fully saturated rings. The molecule has 1 atom stereocenters. The molecule has 1 aromatic rings. The van der Waals surface area contributed by atoms with Crippen molar-refractivity contribution in [1.29, 1.82) is 0 Å². The van der Waals surface area contributed by atoms with Crippen LogP contribution < -0.4 is 0 Å². The molecule has 4 nitrogen and oxygen atoms in total. The van der Waals surface area contributed by atoms with Gasteiger partial charge in [-0.1, -0.05) is 38.3 Å². The molecule has 4 heteroatoms. The number of ether oxygens (including phenoxy) is 2. The summed E-state index contributed by atoms with van der Waals surface area (Å²) in [4.78, 5) is 23.8. The van der Waals surface area contributed by atoms with Crippen LogP contribution in [0, 0.1) is 0 Å². The van der Waals surface area contributed by atoms with Crippen LogP contribution in [0.15, 0.2) is 24.3 Å². The average Bonchev–Trinajstić information content (AvgIpc) is 2.50. The summed E-state index contributed by atoms with van der Waals surface area (Å²) in [5.41, 5.74) is 0.493. The molecule has 0 aliphatic rings. The summed E-state index contributed by atoms with van der Waals surface area (Å²) in [5.74, 6) is -1.00. The van der Waals surface area contributed by atoms with Crippen LogP contribution in [-0.2, 0) is 9.47 Å². The monoisotopic (exact) mass is 292 g/mol. The number of hydrogen-bond acceptors (Lipinski definition) is 4. The maximum absolute atomic E-state index is 12.2. The van der Waals surface area contributed by atoms with E-state index in [1.54, 1.807) is 24.3 Å². The molecule has 0 unspecified atom stereocenters. The van der Waals surface area contributed by atoms with Crippen LogP contribution in [0.4, 0.5) is 0 Å². The fraction of sp³-hybridized carbons (Fsp3) is 0.529. The summed E-state index contributed by atoms with van der Waals surface area (Å²) < 4.78 is 10.1. The first-order valence-electron chi connectivity index (χ1n) is 7.48. The van der Waals surface area contributed by atoms with Gasteiger partial charge in [0, 0.05) is 0 Å². The van der Waals surface area contributed by atoms with Crippen LogP contribution in [0.5, 0.6) is 0 Å². The van der Waals surface area contributed by atoms with Gasteiger partial charge in [0.1, 0.15) is 0 Å². The predicted octanol–water partition coefficient (Wildman–Crippen LogP) is 3.99. The summed E-state index contributed by atoms with van der Waals surface area (Å²) >= 11 is 0. The molecule has 0 radical (unpaired) electrons. The minimum atomic E-state index is -0.529. The zero-order valence-electron chi connectivity index (χ0n) is 13.1. The van der Waals surface area contributed by atoms with Crippen molar-refractivity contribution >= 4 is 11.9 Å². The molecule has 0 bridgehead atoms. The Labute approximate surface area is 126 Å². The van der Waals surface area contributed by atoms with Gasteiger partial charge in [0.15, 0.2) is 0 Å². The van der Waals surface area contributed by atoms with Crippen molar-refractivity contribution < 1.29 is 19.1 Å². The third-order valence-corrected chi connectivity index (χ3v) is 3.32. The van der Waals surface area contributed by atoms with Gasteiger partial charge >= 0.3 is 11.9 Å². The number of hydrogen-bond donors (Lipinski definition) is 0. The molecule has 0 heterocycles. The summed E-state index contributed by atoms with van der Waals surface area (Å²) in [6.07, 6.45) is 5.26. The summed E-state index contributed by atoms with van der Waals surface area (Å²) in [7, 11) is 1.29. The average molecular weight is 292 g/mol. The highest BCUT2D eigenvalue weighted by Crippen LogP contribution is 2.15. The number of benzene rings is 1. The lowest BCUT2D eigenvalue weighted by Gasteiger charge is -2.14. The summed E-state index contributed by atoms with van der Waals surface area (Å²) in [6.45, 7) is 4.04. The number of carbonyl (C=O) groups is 2. The van der Waals surface area contributed by atoms with Gasteiger partial charge < -0.3 is 9.47 Å². The Kier molecular flexibility index (Phi) is 7.51. The van der Waals surface area contributed by atoms with Crippen LogP contribution in [0.1, 0.15) is 66.7 Å². The molecule has 0 aromatic heterocycles. The van der Waals surface area contributed by atoms with E-state index >= 15 is 0 Å². The van der Waals surface area contributed by atoms with Gasteiger partial charge in [0.25, 0.3) is 0 Å². The lowest BCUT2D eigenvalue weighted by atomic mass is 10.1. The Morgan fingerprint density at radius 3 is 2.24 bits per heavy atom. The number of esters is 2. The van der Waals surface area contributed by atoms with Gasteiger partial charge in [-0.3, -0.25) is 0 Å². The maximum Gasteiger partial charge on any atom is 0.339 e. The number of carbonyl (C=O) groups excluding carboxylic acids is 2. The van der Waals surface area contributed by atoms with Crippen molar-refractivity contribution in [2.45, 2.75) is 52.1 Å². The van der Waals surface area contributed by atoms with Gasteiger partial charge in [0.2, 0.25) is 0 Å². The zero-order chi connectivity index (χ0) is 15.7. The first-order valence-corrected chi connectivity index (χ1v) is 7.48. The van der Waals surface area contributed by atoms with Crippen LogP contribution in [0.25, 0.3) is 0 Å². The SMILES string of the molecule is CCCCCC[C@@H](C)OC(=O)c1ccccc1C(=O)OC. The van der Waals surface area contributed by atoms with Crippen molar-refractivity contribution in [3.8, 4) is 0 Å². The quantitative estimate of drug-likeness (QED) is 0.537. The van der Waals surface area contributed by atoms with Crippen molar-refractivity contribution in [3.05, 3.63) is 35.4 Å². The second kappa shape index (κ2) is 9.16. The van der Waals surface area contributed by atoms with Gasteiger partial charge in [0.05, 0.1) is 24.3 Å². The Hall–Kier alpha value is -1.84. The zero-order valence-corrected chi connectivity index (χ0v) is 13.1. The molecular formula is C17H24O4. The fourth-order valence-electron chi connectivity index (χ4n) is 2.11. The topological polar surface area (TPSA) is 52.6 Å². The molecule has 0 saturated carbocycles. The molecule has 0 amide bonds. The molecule has 0 saturated heterocycles. The molecule has 0 spiro atoms. The first kappa shape index (κ1) is 17.2. The lowest BCUT2D eigenvalue weighted by Crippen LogP contribution is -2.18. The van der Waals surface area contributed by atoms with E-state index in [1.807, 2.05) is 6.92 Å². The second-order valence-corrected chi connectivity index (χ2v) is 5.10. The standard InChI is InChI=1S/C17H24O4/c1-4-5-6-7-10-13(2)21-17(19)15-12-9-8-11-14(15)16(18)20-3/h8-9,11-13H,4-7,10H2,1-3H3/t13-/m1/s1. The van der Waals surface area contributed by atoms with Gasteiger partial charge in [-0.2, -0.15) is 0 Å². The second-order valence-electron chi connectivity index (χ2n) is 5.10. The van der Waals surface area contributed by atoms with E-state index in [-0.39, 0.29) is 17.2 Å². The molecule has 0 aliphatic heterocycles. The number of methoxy groups -OCH3 is 1. The minimum absolute atomic E-state index is 0.153. The molecule has 1 rings (SSSR count). The van der Waals surface area contributed by atoms with Crippen molar-refractivity contribution in [2.75, 3.05) is 7.11 Å². The van der Waals surface area contributed by atoms with E-state index in [2.05, 4.69) is 11.7 Å². The molecule has 0 aliphatic carbocycles. The Morgan fingerprint density at radius 2 is 1.67 bits per heavy atom. The predicted molar refractivity (Wildman–Crippen MR) is 81.4 cm³/mol. The number of unbranched alkanes of at least 4 members (excludes halogenated alkanes) is 3. The van der Waals surface area contributed by atoms with Crippen molar-refractivity contribution in [1.82, 2.24) is 0 Å². The third-order valence-electron chi connectivity index (χ3n) is 3.32. The minimum Gasteiger partial charge on any atom is -0.465 e. The Bertz CT molecular complexity index is 468. The van der Waals surface area contributed by atoms with E-state index in [9.17, 15) is 9.59 Å². The summed E-state index contributed by atoms with van der Waals surface area (Å²) in [6, 6.07) is 6.54. The Morgan fingerprint density at radius 1 is 1.05 bits per heavy atom. The fourth-order valence-corrected chi connectivity index (χ4v) is 2.11. The van der Waals surface area contributed by atoms with Crippen molar-refractivity contribution in [2.24, 2.45) is 0 Å². The van der Waals surface area contributed by atoms with E-state index in [0.717, 1.165) is 19.3 Å². The van der Waals surface area contributed by atoms with Crippen LogP contribution in [0.3, 0.4) is 0 Å². The highest BCUT2D eigenvalue weighted by atomic mass is 16.5. The smallest absolute Gasteiger partial charge is 0.339 e. The van der Waals surface area contributed by atoms with Crippen molar-refractivity contribution in [3.63, 3.8) is 0 Å². The van der Waals surface area contributed by atoms with E-state index < -0.39 is 11.9 Å². The van der Waals surface area contributed by atoms with Crippen LogP contribution in [0.2, 0.25) is 0 Å². The molecular weight excluding hydrogens is 268 g/mol. The van der Waals surface area contributed by atoms with Crippen LogP contribution in [-0.4, -0.2) is 25.2 Å². The largest absolute Gasteiger partial charge is 0.465 e. The van der Waals surface area contributed by atoms with Gasteiger partial charge in [-0.25, -0.2) is 9.59 Å². The maximum atomic E-state index is 12.2. The van der Waals surface area contributed by atoms with E-state index in [0.29, 0.717) is 0 Å². The van der Waals surface area contributed by atoms with Gasteiger partial charge in [-0.05, 0) is 31.9 Å². The Balaban J connectivity index is 2.61. The highest BCUT2D eigenvalue weighted by Gasteiger charge is 2.19. The molecule has 116 valence electrons. The lowest BCUT2D eigenvalue weighted by molar-refractivity contribution is 0.0311. The van der Waals surface area contributed by atoms with E-state index in [1.165, 1.54) is 20.0 Å². The highest BCUT2D eigenvalue weighted by molar-refractivity contribution is 6.03. The van der Waals surface area contributed by atoms with Crippen LogP contribution >= 0.6 is 0 Å². The third kappa shape index (κ3) is 5.58. The first-order chi connectivity index (χ1) is 10.1. The van der Waals surface area contributed by atoms with E-state index in [4.69, 9.17) is 4.74 Å².